The molecule has 3 rings (SSSR count). The number of methoxy groups -OCH3 is 1. The van der Waals surface area contributed by atoms with Gasteiger partial charge in [0.1, 0.15) is 6.61 Å². The highest BCUT2D eigenvalue weighted by molar-refractivity contribution is 5.96. The van der Waals surface area contributed by atoms with Gasteiger partial charge in [0.2, 0.25) is 6.10 Å². The molecule has 0 saturated heterocycles. The van der Waals surface area contributed by atoms with E-state index in [-0.39, 0.29) is 23.6 Å². The lowest BCUT2D eigenvalue weighted by molar-refractivity contribution is -0.385. The van der Waals surface area contributed by atoms with Crippen LogP contribution >= 0.6 is 0 Å². The zero-order valence-corrected chi connectivity index (χ0v) is 14.1. The number of hydrogen-bond acceptors (Lipinski definition) is 7. The summed E-state index contributed by atoms with van der Waals surface area (Å²) >= 11 is 0. The summed E-state index contributed by atoms with van der Waals surface area (Å²) in [4.78, 5) is 34.7. The number of hydrogen-bond donors (Lipinski definition) is 2. The van der Waals surface area contributed by atoms with E-state index in [1.165, 1.54) is 19.2 Å². The fourth-order valence-corrected chi connectivity index (χ4v) is 2.39. The second-order valence-electron chi connectivity index (χ2n) is 5.45. The van der Waals surface area contributed by atoms with Crippen LogP contribution in [-0.2, 0) is 4.79 Å². The Hall–Kier alpha value is -3.82. The number of nitrogens with zero attached hydrogens (tertiary/aromatic N) is 1. The van der Waals surface area contributed by atoms with E-state index in [0.29, 0.717) is 11.5 Å². The molecule has 1 heterocycles. The Bertz CT molecular complexity index is 900. The lowest BCUT2D eigenvalue weighted by Crippen LogP contribution is -2.50. The van der Waals surface area contributed by atoms with Crippen molar-refractivity contribution < 1.29 is 28.7 Å². The van der Waals surface area contributed by atoms with Crippen LogP contribution in [0.25, 0.3) is 0 Å². The first-order valence-corrected chi connectivity index (χ1v) is 7.80. The van der Waals surface area contributed by atoms with Crippen LogP contribution in [0.2, 0.25) is 0 Å². The van der Waals surface area contributed by atoms with Crippen LogP contribution in [0.15, 0.2) is 42.5 Å². The van der Waals surface area contributed by atoms with E-state index < -0.39 is 22.8 Å². The van der Waals surface area contributed by atoms with Crippen LogP contribution in [-0.4, -0.2) is 36.6 Å². The third kappa shape index (κ3) is 3.89. The van der Waals surface area contributed by atoms with Gasteiger partial charge in [-0.3, -0.25) is 30.6 Å². The van der Waals surface area contributed by atoms with Gasteiger partial charge in [-0.1, -0.05) is 12.1 Å². The number of carbonyl (C=O) groups excluding carboxylic acids is 2. The van der Waals surface area contributed by atoms with Gasteiger partial charge >= 0.3 is 5.69 Å². The maximum absolute atomic E-state index is 12.2. The summed E-state index contributed by atoms with van der Waals surface area (Å²) in [5.74, 6) is -0.392. The minimum Gasteiger partial charge on any atom is -0.490 e. The second kappa shape index (κ2) is 7.60. The number of benzene rings is 2. The Morgan fingerprint density at radius 3 is 2.63 bits per heavy atom. The van der Waals surface area contributed by atoms with Crippen LogP contribution in [0.4, 0.5) is 5.69 Å². The molecule has 0 spiro atoms. The molecule has 0 fully saturated rings. The van der Waals surface area contributed by atoms with E-state index in [2.05, 4.69) is 10.9 Å². The maximum Gasteiger partial charge on any atom is 0.311 e. The van der Waals surface area contributed by atoms with Gasteiger partial charge in [0.05, 0.1) is 12.0 Å². The van der Waals surface area contributed by atoms with Crippen molar-refractivity contribution >= 4 is 17.5 Å². The first-order valence-electron chi connectivity index (χ1n) is 7.80. The molecule has 10 heteroatoms. The van der Waals surface area contributed by atoms with Crippen molar-refractivity contribution in [3.8, 4) is 17.2 Å². The Labute approximate surface area is 153 Å². The molecule has 0 aliphatic carbocycles. The number of nitrogens with one attached hydrogen (secondary N) is 2. The van der Waals surface area contributed by atoms with Crippen molar-refractivity contribution in [2.75, 3.05) is 13.7 Å². The van der Waals surface area contributed by atoms with Crippen molar-refractivity contribution in [2.45, 2.75) is 6.10 Å². The van der Waals surface area contributed by atoms with Crippen LogP contribution in [0.3, 0.4) is 0 Å². The second-order valence-corrected chi connectivity index (χ2v) is 5.45. The molecule has 27 heavy (non-hydrogen) atoms. The normalized spacial score (nSPS) is 14.8. The number of para-hydroxylation sites is 2. The maximum atomic E-state index is 12.2. The minimum atomic E-state index is -0.953. The summed E-state index contributed by atoms with van der Waals surface area (Å²) in [7, 11) is 1.28. The first-order chi connectivity index (χ1) is 13.0. The van der Waals surface area contributed by atoms with E-state index in [9.17, 15) is 19.7 Å². The average molecular weight is 373 g/mol. The molecule has 1 aliphatic heterocycles. The molecule has 0 unspecified atom stereocenters. The highest BCUT2D eigenvalue weighted by atomic mass is 16.6. The number of ether oxygens (including phenoxy) is 3. The topological polar surface area (TPSA) is 129 Å². The van der Waals surface area contributed by atoms with Crippen molar-refractivity contribution in [1.82, 2.24) is 10.9 Å². The molecule has 2 aromatic carbocycles. The van der Waals surface area contributed by atoms with Crippen LogP contribution in [0, 0.1) is 10.1 Å². The van der Waals surface area contributed by atoms with Crippen LogP contribution < -0.4 is 25.1 Å². The van der Waals surface area contributed by atoms with Gasteiger partial charge in [0.15, 0.2) is 17.2 Å². The number of nitro benzene ring substituents is 1. The molecule has 2 aromatic rings. The van der Waals surface area contributed by atoms with Crippen molar-refractivity contribution in [3.05, 3.63) is 58.1 Å². The Morgan fingerprint density at radius 1 is 1.19 bits per heavy atom. The quantitative estimate of drug-likeness (QED) is 0.608. The van der Waals surface area contributed by atoms with E-state index in [1.54, 1.807) is 24.3 Å². The zero-order chi connectivity index (χ0) is 19.4. The van der Waals surface area contributed by atoms with Crippen molar-refractivity contribution in [1.29, 1.82) is 0 Å². The summed E-state index contributed by atoms with van der Waals surface area (Å²) in [5, 5.41) is 11.0. The molecule has 0 bridgehead atoms. The smallest absolute Gasteiger partial charge is 0.311 e. The van der Waals surface area contributed by atoms with Gasteiger partial charge in [-0.2, -0.15) is 0 Å². The molecule has 0 aromatic heterocycles. The largest absolute Gasteiger partial charge is 0.490 e. The monoisotopic (exact) mass is 373 g/mol. The molecule has 0 saturated carbocycles. The Balaban J connectivity index is 1.62. The highest BCUT2D eigenvalue weighted by Crippen LogP contribution is 2.31. The third-order valence-corrected chi connectivity index (χ3v) is 3.74. The highest BCUT2D eigenvalue weighted by Gasteiger charge is 2.27. The van der Waals surface area contributed by atoms with Crippen molar-refractivity contribution in [2.24, 2.45) is 0 Å². The predicted molar refractivity (Wildman–Crippen MR) is 91.6 cm³/mol. The number of carbonyl (C=O) groups is 2. The predicted octanol–water partition coefficient (Wildman–Crippen LogP) is 1.20. The lowest BCUT2D eigenvalue weighted by Gasteiger charge is -2.25. The summed E-state index contributed by atoms with van der Waals surface area (Å²) in [6.45, 7) is -0.0211. The fraction of sp³-hybridized carbons (Fsp3) is 0.176. The fourth-order valence-electron chi connectivity index (χ4n) is 2.39. The number of fused-ring (bicyclic) bond motifs is 1. The SMILES string of the molecule is COc1ccc(C(=O)NNC(=O)[C@H]2COc3ccccc3O2)cc1[N+](=O)[O-]. The van der Waals surface area contributed by atoms with Crippen LogP contribution in [0.5, 0.6) is 17.2 Å². The minimum absolute atomic E-state index is 0.0195. The van der Waals surface area contributed by atoms with Gasteiger partial charge < -0.3 is 14.2 Å². The van der Waals surface area contributed by atoms with Gasteiger partial charge in [0.25, 0.3) is 11.8 Å². The molecule has 2 amide bonds. The summed E-state index contributed by atoms with van der Waals surface area (Å²) in [5.41, 5.74) is 4.02. The molecule has 0 radical (unpaired) electrons. The molecule has 10 nitrogen and oxygen atoms in total. The average Bonchev–Trinajstić information content (AvgIpc) is 2.70. The Morgan fingerprint density at radius 2 is 1.93 bits per heavy atom. The summed E-state index contributed by atoms with van der Waals surface area (Å²) in [6, 6.07) is 10.6. The van der Waals surface area contributed by atoms with E-state index in [0.717, 1.165) is 6.07 Å². The molecule has 1 aliphatic rings. The number of amides is 2. The molecule has 1 atom stereocenters. The molecule has 140 valence electrons. The number of rotatable bonds is 4. The number of hydrazine groups is 1. The lowest BCUT2D eigenvalue weighted by atomic mass is 10.2. The molecular weight excluding hydrogens is 358 g/mol. The Kier molecular flexibility index (Phi) is 5.06. The molecular formula is C17H15N3O7. The summed E-state index contributed by atoms with van der Waals surface area (Å²) < 4.78 is 15.8. The van der Waals surface area contributed by atoms with Gasteiger partial charge in [-0.25, -0.2) is 0 Å². The first kappa shape index (κ1) is 18.0. The van der Waals surface area contributed by atoms with E-state index in [4.69, 9.17) is 14.2 Å². The zero-order valence-electron chi connectivity index (χ0n) is 14.1. The third-order valence-electron chi connectivity index (χ3n) is 3.74. The number of nitro groups is 1. The van der Waals surface area contributed by atoms with Gasteiger partial charge in [-0.05, 0) is 24.3 Å². The van der Waals surface area contributed by atoms with E-state index in [1.807, 2.05) is 0 Å². The van der Waals surface area contributed by atoms with Crippen molar-refractivity contribution in [3.63, 3.8) is 0 Å². The van der Waals surface area contributed by atoms with Gasteiger partial charge in [-0.15, -0.1) is 0 Å². The van der Waals surface area contributed by atoms with Gasteiger partial charge in [0, 0.05) is 11.6 Å². The van der Waals surface area contributed by atoms with Crippen LogP contribution in [0.1, 0.15) is 10.4 Å². The molecule has 2 N–H and O–H groups in total. The summed E-state index contributed by atoms with van der Waals surface area (Å²) in [6.07, 6.45) is -0.953. The standard InChI is InChI=1S/C17H15N3O7/c1-25-12-7-6-10(8-11(12)20(23)24)16(21)18-19-17(22)15-9-26-13-4-2-3-5-14(13)27-15/h2-8,15H,9H2,1H3,(H,18,21)(H,19,22)/t15-/m1/s1. The van der Waals surface area contributed by atoms with E-state index >= 15 is 0 Å².